The Morgan fingerprint density at radius 2 is 1.89 bits per heavy atom. The molecule has 4 heteroatoms. The third-order valence-corrected chi connectivity index (χ3v) is 2.70. The molecule has 0 saturated heterocycles. The van der Waals surface area contributed by atoms with Crippen LogP contribution in [0.5, 0.6) is 5.75 Å². The van der Waals surface area contributed by atoms with Crippen molar-refractivity contribution in [2.45, 2.75) is 6.92 Å². The first kappa shape index (κ1) is 13.2. The molecule has 19 heavy (non-hydrogen) atoms. The molecule has 0 atom stereocenters. The summed E-state index contributed by atoms with van der Waals surface area (Å²) in [5.74, 6) is -1.84. The van der Waals surface area contributed by atoms with Gasteiger partial charge in [-0.05, 0) is 24.6 Å². The molecule has 0 N–H and O–H groups in total. The number of hydrogen-bond donors (Lipinski definition) is 0. The zero-order chi connectivity index (χ0) is 13.8. The quantitative estimate of drug-likeness (QED) is 0.788. The molecule has 2 aromatic rings. The molecule has 0 fully saturated rings. The first-order chi connectivity index (χ1) is 9.08. The highest BCUT2D eigenvalue weighted by Gasteiger charge is 2.11. The maximum atomic E-state index is 13.3. The number of hydrogen-bond acceptors (Lipinski definition) is 2. The zero-order valence-electron chi connectivity index (χ0n) is 10.3. The molecule has 2 aromatic carbocycles. The zero-order valence-corrected chi connectivity index (χ0v) is 10.3. The van der Waals surface area contributed by atoms with E-state index in [1.807, 2.05) is 6.07 Å². The van der Waals surface area contributed by atoms with E-state index in [-0.39, 0.29) is 18.1 Å². The Morgan fingerprint density at radius 1 is 1.16 bits per heavy atom. The van der Waals surface area contributed by atoms with Crippen LogP contribution in [0.2, 0.25) is 0 Å². The summed E-state index contributed by atoms with van der Waals surface area (Å²) in [6.45, 7) is 1.47. The van der Waals surface area contributed by atoms with Crippen LogP contribution in [-0.2, 0) is 0 Å². The van der Waals surface area contributed by atoms with Crippen LogP contribution in [0.15, 0.2) is 42.5 Å². The Kier molecular flexibility index (Phi) is 3.90. The number of benzene rings is 2. The van der Waals surface area contributed by atoms with E-state index in [9.17, 15) is 13.6 Å². The van der Waals surface area contributed by atoms with E-state index in [4.69, 9.17) is 4.74 Å². The van der Waals surface area contributed by atoms with Gasteiger partial charge in [0.25, 0.3) is 0 Å². The number of Topliss-reactive ketones (excluding diaryl/α,β-unsaturated/α-hetero) is 1. The predicted molar refractivity (Wildman–Crippen MR) is 67.4 cm³/mol. The van der Waals surface area contributed by atoms with Crippen LogP contribution in [0.1, 0.15) is 15.9 Å². The maximum absolute atomic E-state index is 13.3. The third-order valence-electron chi connectivity index (χ3n) is 2.70. The van der Waals surface area contributed by atoms with Crippen LogP contribution in [0.3, 0.4) is 0 Å². The minimum Gasteiger partial charge on any atom is -0.482 e. The second kappa shape index (κ2) is 5.61. The fraction of sp³-hybridized carbons (Fsp3) is 0.133. The Bertz CT molecular complexity index is 609. The van der Waals surface area contributed by atoms with E-state index in [1.165, 1.54) is 0 Å². The van der Waals surface area contributed by atoms with Gasteiger partial charge in [-0.1, -0.05) is 24.3 Å². The number of halogens is 2. The van der Waals surface area contributed by atoms with Crippen molar-refractivity contribution in [2.75, 3.05) is 6.61 Å². The molecule has 0 radical (unpaired) electrons. The standard InChI is InChI=1S/C15H12F2O2/c1-10-4-2-3-5-12(10)14(18)9-19-15-8-11(16)6-7-13(15)17/h2-8H,9H2,1H3. The summed E-state index contributed by atoms with van der Waals surface area (Å²) in [6.07, 6.45) is 0. The lowest BCUT2D eigenvalue weighted by Gasteiger charge is -2.08. The van der Waals surface area contributed by atoms with Crippen LogP contribution >= 0.6 is 0 Å². The lowest BCUT2D eigenvalue weighted by Crippen LogP contribution is -2.13. The molecule has 0 aliphatic carbocycles. The van der Waals surface area contributed by atoms with E-state index >= 15 is 0 Å². The molecular weight excluding hydrogens is 250 g/mol. The first-order valence-corrected chi connectivity index (χ1v) is 5.74. The molecule has 0 unspecified atom stereocenters. The van der Waals surface area contributed by atoms with E-state index in [0.29, 0.717) is 5.56 Å². The fourth-order valence-corrected chi connectivity index (χ4v) is 1.69. The van der Waals surface area contributed by atoms with Gasteiger partial charge in [0, 0.05) is 11.6 Å². The molecule has 0 aliphatic rings. The molecule has 0 aromatic heterocycles. The molecule has 0 amide bonds. The molecule has 98 valence electrons. The van der Waals surface area contributed by atoms with Crippen molar-refractivity contribution < 1.29 is 18.3 Å². The Balaban J connectivity index is 2.09. The summed E-state index contributed by atoms with van der Waals surface area (Å²) < 4.78 is 31.3. The summed E-state index contributed by atoms with van der Waals surface area (Å²) >= 11 is 0. The van der Waals surface area contributed by atoms with Gasteiger partial charge in [0.2, 0.25) is 0 Å². The summed E-state index contributed by atoms with van der Waals surface area (Å²) in [4.78, 5) is 11.9. The number of ketones is 1. The first-order valence-electron chi connectivity index (χ1n) is 5.74. The highest BCUT2D eigenvalue weighted by atomic mass is 19.1. The van der Waals surface area contributed by atoms with Crippen molar-refractivity contribution in [3.8, 4) is 5.75 Å². The van der Waals surface area contributed by atoms with Gasteiger partial charge >= 0.3 is 0 Å². The monoisotopic (exact) mass is 262 g/mol. The van der Waals surface area contributed by atoms with E-state index in [0.717, 1.165) is 23.8 Å². The van der Waals surface area contributed by atoms with Crippen molar-refractivity contribution >= 4 is 5.78 Å². The molecule has 2 rings (SSSR count). The number of carbonyl (C=O) groups is 1. The van der Waals surface area contributed by atoms with Crippen molar-refractivity contribution in [1.29, 1.82) is 0 Å². The van der Waals surface area contributed by atoms with Crippen LogP contribution in [-0.4, -0.2) is 12.4 Å². The lowest BCUT2D eigenvalue weighted by molar-refractivity contribution is 0.0918. The Morgan fingerprint density at radius 3 is 2.63 bits per heavy atom. The van der Waals surface area contributed by atoms with Gasteiger partial charge in [-0.2, -0.15) is 0 Å². The molecule has 0 spiro atoms. The molecule has 0 heterocycles. The fourth-order valence-electron chi connectivity index (χ4n) is 1.69. The summed E-state index contributed by atoms with van der Waals surface area (Å²) in [5, 5.41) is 0. The average Bonchev–Trinajstić information content (AvgIpc) is 2.40. The lowest BCUT2D eigenvalue weighted by atomic mass is 10.1. The van der Waals surface area contributed by atoms with Gasteiger partial charge in [0.05, 0.1) is 0 Å². The molecule has 0 saturated carbocycles. The van der Waals surface area contributed by atoms with Gasteiger partial charge in [-0.25, -0.2) is 8.78 Å². The van der Waals surface area contributed by atoms with Gasteiger partial charge in [-0.3, -0.25) is 4.79 Å². The van der Waals surface area contributed by atoms with Crippen molar-refractivity contribution in [2.24, 2.45) is 0 Å². The van der Waals surface area contributed by atoms with Gasteiger partial charge in [-0.15, -0.1) is 0 Å². The SMILES string of the molecule is Cc1ccccc1C(=O)COc1cc(F)ccc1F. The van der Waals surface area contributed by atoms with E-state index in [2.05, 4.69) is 0 Å². The normalized spacial score (nSPS) is 10.3. The summed E-state index contributed by atoms with van der Waals surface area (Å²) in [5.41, 5.74) is 1.33. The molecule has 2 nitrogen and oxygen atoms in total. The van der Waals surface area contributed by atoms with Crippen LogP contribution in [0.25, 0.3) is 0 Å². The number of aryl methyl sites for hydroxylation is 1. The van der Waals surface area contributed by atoms with Crippen LogP contribution in [0, 0.1) is 18.6 Å². The summed E-state index contributed by atoms with van der Waals surface area (Å²) in [6, 6.07) is 9.90. The third kappa shape index (κ3) is 3.16. The molecule has 0 aliphatic heterocycles. The van der Waals surface area contributed by atoms with Crippen molar-refractivity contribution in [3.05, 3.63) is 65.2 Å². The summed E-state index contributed by atoms with van der Waals surface area (Å²) in [7, 11) is 0. The maximum Gasteiger partial charge on any atom is 0.200 e. The topological polar surface area (TPSA) is 26.3 Å². The Hall–Kier alpha value is -2.23. The van der Waals surface area contributed by atoms with Crippen molar-refractivity contribution in [3.63, 3.8) is 0 Å². The second-order valence-electron chi connectivity index (χ2n) is 4.10. The average molecular weight is 262 g/mol. The van der Waals surface area contributed by atoms with E-state index in [1.54, 1.807) is 25.1 Å². The number of carbonyl (C=O) groups excluding carboxylic acids is 1. The van der Waals surface area contributed by atoms with Crippen LogP contribution < -0.4 is 4.74 Å². The smallest absolute Gasteiger partial charge is 0.200 e. The minimum atomic E-state index is -0.695. The van der Waals surface area contributed by atoms with E-state index < -0.39 is 11.6 Å². The van der Waals surface area contributed by atoms with Gasteiger partial charge in [0.15, 0.2) is 24.0 Å². The van der Waals surface area contributed by atoms with Crippen LogP contribution in [0.4, 0.5) is 8.78 Å². The Labute approximate surface area is 109 Å². The highest BCUT2D eigenvalue weighted by Crippen LogP contribution is 2.18. The predicted octanol–water partition coefficient (Wildman–Crippen LogP) is 3.53. The molecular formula is C15H12F2O2. The number of ether oxygens (including phenoxy) is 1. The largest absolute Gasteiger partial charge is 0.482 e. The van der Waals surface area contributed by atoms with Crippen molar-refractivity contribution in [1.82, 2.24) is 0 Å². The molecule has 0 bridgehead atoms. The minimum absolute atomic E-state index is 0.262. The second-order valence-corrected chi connectivity index (χ2v) is 4.10. The number of rotatable bonds is 4. The van der Waals surface area contributed by atoms with Gasteiger partial charge < -0.3 is 4.74 Å². The van der Waals surface area contributed by atoms with Gasteiger partial charge in [0.1, 0.15) is 5.82 Å². The highest BCUT2D eigenvalue weighted by molar-refractivity contribution is 5.98.